The molecule has 4 aromatic carbocycles. The Hall–Kier alpha value is -7.79. The first-order valence-corrected chi connectivity index (χ1v) is 26.4. The zero-order valence-electron chi connectivity index (χ0n) is 43.7. The Morgan fingerprint density at radius 2 is 1.78 bits per heavy atom. The predicted molar refractivity (Wildman–Crippen MR) is 290 cm³/mol. The molecule has 0 spiro atoms. The summed E-state index contributed by atoms with van der Waals surface area (Å²) >= 11 is 6.77. The number of piperazine rings is 1. The van der Waals surface area contributed by atoms with Crippen molar-refractivity contribution in [2.45, 2.75) is 82.8 Å². The number of phenolic OH excluding ortho intramolecular Hbond substituents is 1. The summed E-state index contributed by atoms with van der Waals surface area (Å²) in [4.78, 5) is 86.7. The van der Waals surface area contributed by atoms with E-state index in [9.17, 15) is 34.3 Å². The number of methoxy groups -OCH3 is 1. The van der Waals surface area contributed by atoms with E-state index >= 15 is 0 Å². The largest absolute Gasteiger partial charge is 0.508 e. The van der Waals surface area contributed by atoms with Crippen molar-refractivity contribution in [1.82, 2.24) is 40.2 Å². The number of rotatable bonds is 16. The normalized spacial score (nSPS) is 19.3. The number of amides is 5. The van der Waals surface area contributed by atoms with Crippen LogP contribution in [0.5, 0.6) is 17.5 Å². The van der Waals surface area contributed by atoms with E-state index in [1.54, 1.807) is 36.3 Å². The summed E-state index contributed by atoms with van der Waals surface area (Å²) in [5.74, 6) is 0.00357. The van der Waals surface area contributed by atoms with Gasteiger partial charge in [0.15, 0.2) is 0 Å². The highest BCUT2D eigenvalue weighted by Gasteiger charge is 2.44. The molecule has 3 N–H and O–H groups in total. The maximum Gasteiger partial charge on any atom is 0.318 e. The lowest BCUT2D eigenvalue weighted by Crippen LogP contribution is -2.58. The first kappa shape index (κ1) is 54.0. The van der Waals surface area contributed by atoms with Crippen LogP contribution in [-0.4, -0.2) is 150 Å². The Kier molecular flexibility index (Phi) is 16.9. The molecular weight excluding hydrogens is 1000 g/mol. The minimum absolute atomic E-state index is 0.0159. The van der Waals surface area contributed by atoms with Gasteiger partial charge in [-0.1, -0.05) is 54.6 Å². The molecule has 20 heteroatoms. The van der Waals surface area contributed by atoms with Crippen molar-refractivity contribution in [3.05, 3.63) is 123 Å². The second-order valence-corrected chi connectivity index (χ2v) is 20.4. The number of hydrogen-bond acceptors (Lipinski definition) is 15. The molecule has 3 saturated heterocycles. The number of nitrogens with one attached hydrogen (secondary N) is 2. The molecule has 5 aliphatic rings. The van der Waals surface area contributed by atoms with Crippen LogP contribution in [0.25, 0.3) is 10.8 Å². The van der Waals surface area contributed by atoms with E-state index in [-0.39, 0.29) is 62.4 Å². The second-order valence-electron chi connectivity index (χ2n) is 20.0. The minimum atomic E-state index is -0.898. The van der Waals surface area contributed by atoms with E-state index in [0.29, 0.717) is 75.0 Å². The smallest absolute Gasteiger partial charge is 0.318 e. The minimum Gasteiger partial charge on any atom is -0.508 e. The number of carbonyl (C=O) groups is 5. The van der Waals surface area contributed by atoms with Gasteiger partial charge in [-0.25, -0.2) is 0 Å². The molecule has 1 aromatic heterocycles. The monoisotopic (exact) mass is 1070 g/mol. The van der Waals surface area contributed by atoms with Crippen LogP contribution >= 0.6 is 11.6 Å². The molecule has 5 aliphatic heterocycles. The van der Waals surface area contributed by atoms with Gasteiger partial charge in [0.1, 0.15) is 30.0 Å². The standard InChI is InChI=1S/C48H51ClN10O6.C9H13NO2/c1-30(24-59-42(61)14-13-41(47(59)64)58-25-33-22-31(23-51-29-60)11-12-36(33)46(58)63)45(62)57-21-20-56(26-34(57)15-17-50)44-37-16-19-55(40-10-4-7-32-6-3-9-38(49)43(32)40)27-39(37)52-48(53-44)65-28-35-8-5-18-54(35)2;1-10-6-7-5-8(12-2)3-4-9(7)11/h3-4,6-7,9-12,22,29,34-35,41H,1,5,8,13-16,18-21,23-28H2,2H3,(H,51,60);3-5,10-11H,6H2,1-2H3. The van der Waals surface area contributed by atoms with Crippen LogP contribution in [0.15, 0.2) is 84.9 Å². The van der Waals surface area contributed by atoms with Crippen LogP contribution in [0.1, 0.15) is 70.4 Å². The van der Waals surface area contributed by atoms with Gasteiger partial charge in [0, 0.05) is 91.6 Å². The third-order valence-corrected chi connectivity index (χ3v) is 15.5. The molecule has 5 aromatic rings. The summed E-state index contributed by atoms with van der Waals surface area (Å²) in [5.41, 5.74) is 5.75. The van der Waals surface area contributed by atoms with Crippen LogP contribution in [0.3, 0.4) is 0 Å². The number of anilines is 2. The third-order valence-electron chi connectivity index (χ3n) is 15.2. The van der Waals surface area contributed by atoms with Gasteiger partial charge in [-0.3, -0.25) is 28.9 Å². The number of nitriles is 1. The van der Waals surface area contributed by atoms with Gasteiger partial charge in [-0.15, -0.1) is 0 Å². The number of imide groups is 1. The SMILES string of the molecule is C=C(CN1C(=O)CCC(N2Cc3cc(CNC=O)ccc3C2=O)C1=O)C(=O)N1CCN(c2nc(OCC3CCCN3C)nc3c2CCN(c2cccc4cccc(Cl)c24)C3)CC1CC#N.CNCc1cc(OC)ccc1O. The quantitative estimate of drug-likeness (QED) is 0.0646. The Morgan fingerprint density at radius 3 is 2.53 bits per heavy atom. The number of likely N-dealkylation sites (N-methyl/N-ethyl adjacent to an activating group) is 1. The van der Waals surface area contributed by atoms with Gasteiger partial charge in [-0.2, -0.15) is 15.2 Å². The van der Waals surface area contributed by atoms with Crippen molar-refractivity contribution in [2.75, 3.05) is 76.9 Å². The number of aromatic hydroxyl groups is 1. The number of halogens is 1. The summed E-state index contributed by atoms with van der Waals surface area (Å²) in [6.07, 6.45) is 3.58. The van der Waals surface area contributed by atoms with E-state index in [2.05, 4.69) is 63.2 Å². The molecule has 5 amide bonds. The highest BCUT2D eigenvalue weighted by atomic mass is 35.5. The Bertz CT molecular complexity index is 3130. The van der Waals surface area contributed by atoms with Crippen LogP contribution in [-0.2, 0) is 51.8 Å². The molecule has 6 heterocycles. The number of hydrogen-bond donors (Lipinski definition) is 3. The molecule has 0 radical (unpaired) electrons. The average molecular weight is 1070 g/mol. The summed E-state index contributed by atoms with van der Waals surface area (Å²) in [5, 5.41) is 27.7. The zero-order valence-corrected chi connectivity index (χ0v) is 44.4. The van der Waals surface area contributed by atoms with Crippen LogP contribution in [0.2, 0.25) is 5.02 Å². The number of ether oxygens (including phenoxy) is 2. The van der Waals surface area contributed by atoms with Crippen molar-refractivity contribution in [3.63, 3.8) is 0 Å². The Morgan fingerprint density at radius 1 is 0.961 bits per heavy atom. The molecule has 10 rings (SSSR count). The van der Waals surface area contributed by atoms with Crippen LogP contribution in [0, 0.1) is 11.3 Å². The van der Waals surface area contributed by atoms with Gasteiger partial charge < -0.3 is 49.7 Å². The lowest BCUT2D eigenvalue weighted by molar-refractivity contribution is -0.151. The molecule has 0 saturated carbocycles. The summed E-state index contributed by atoms with van der Waals surface area (Å²) in [6, 6.07) is 23.9. The number of phenols is 1. The number of likely N-dealkylation sites (tertiary alicyclic amines) is 2. The molecule has 0 aliphatic carbocycles. The number of nitrogens with zero attached hydrogens (tertiary/aromatic N) is 9. The van der Waals surface area contributed by atoms with E-state index in [0.717, 1.165) is 80.3 Å². The van der Waals surface area contributed by atoms with Gasteiger partial charge in [0.25, 0.3) is 17.7 Å². The number of piperidine rings is 1. The summed E-state index contributed by atoms with van der Waals surface area (Å²) in [6.45, 7) is 8.43. The Balaban J connectivity index is 0.000000533. The summed E-state index contributed by atoms with van der Waals surface area (Å²) < 4.78 is 11.4. The van der Waals surface area contributed by atoms with Gasteiger partial charge in [-0.05, 0) is 99.2 Å². The van der Waals surface area contributed by atoms with Gasteiger partial charge in [0.2, 0.25) is 12.3 Å². The third kappa shape index (κ3) is 11.6. The number of carbonyl (C=O) groups excluding carboxylic acids is 5. The average Bonchev–Trinajstić information content (AvgIpc) is 4.04. The zero-order chi connectivity index (χ0) is 54.3. The van der Waals surface area contributed by atoms with Crippen molar-refractivity contribution in [2.24, 2.45) is 0 Å². The van der Waals surface area contributed by atoms with Crippen molar-refractivity contribution < 1.29 is 38.6 Å². The fraction of sp³-hybridized carbons (Fsp3) is 0.404. The summed E-state index contributed by atoms with van der Waals surface area (Å²) in [7, 11) is 5.54. The molecular formula is C57H64ClN11O8. The van der Waals surface area contributed by atoms with E-state index in [1.807, 2.05) is 37.4 Å². The van der Waals surface area contributed by atoms with Crippen LogP contribution < -0.4 is 29.9 Å². The van der Waals surface area contributed by atoms with Crippen molar-refractivity contribution in [1.29, 1.82) is 5.26 Å². The fourth-order valence-electron chi connectivity index (χ4n) is 11.1. The molecule has 0 bridgehead atoms. The predicted octanol–water partition coefficient (Wildman–Crippen LogP) is 5.35. The number of fused-ring (bicyclic) bond motifs is 3. The molecule has 3 fully saturated rings. The lowest BCUT2D eigenvalue weighted by Gasteiger charge is -2.43. The van der Waals surface area contributed by atoms with E-state index in [1.165, 1.54) is 4.90 Å². The van der Waals surface area contributed by atoms with Gasteiger partial charge >= 0.3 is 6.01 Å². The molecule has 3 atom stereocenters. The highest BCUT2D eigenvalue weighted by molar-refractivity contribution is 6.36. The second kappa shape index (κ2) is 24.0. The molecule has 3 unspecified atom stereocenters. The fourth-order valence-corrected chi connectivity index (χ4v) is 11.4. The topological polar surface area (TPSA) is 217 Å². The van der Waals surface area contributed by atoms with Crippen molar-refractivity contribution in [3.8, 4) is 23.6 Å². The lowest BCUT2D eigenvalue weighted by atomic mass is 10.00. The first-order chi connectivity index (χ1) is 37.3. The maximum absolute atomic E-state index is 14.3. The highest BCUT2D eigenvalue weighted by Crippen LogP contribution is 2.38. The van der Waals surface area contributed by atoms with E-state index < -0.39 is 29.8 Å². The first-order valence-electron chi connectivity index (χ1n) is 26.0. The van der Waals surface area contributed by atoms with E-state index in [4.69, 9.17) is 31.0 Å². The number of benzene rings is 4. The molecule has 402 valence electrons. The maximum atomic E-state index is 14.3. The number of aromatic nitrogens is 2. The Labute approximate surface area is 453 Å². The molecule has 19 nitrogen and oxygen atoms in total. The van der Waals surface area contributed by atoms with Crippen LogP contribution in [0.4, 0.5) is 11.5 Å². The molecule has 77 heavy (non-hydrogen) atoms. The van der Waals surface area contributed by atoms with Crippen molar-refractivity contribution >= 4 is 63.9 Å². The van der Waals surface area contributed by atoms with Gasteiger partial charge in [0.05, 0.1) is 49.4 Å².